The second-order valence-electron chi connectivity index (χ2n) is 11.0. The second kappa shape index (κ2) is 12.1. The van der Waals surface area contributed by atoms with Crippen LogP contribution in [0.15, 0.2) is 47.4 Å². The van der Waals surface area contributed by atoms with Crippen molar-refractivity contribution in [3.63, 3.8) is 0 Å². The van der Waals surface area contributed by atoms with Gasteiger partial charge < -0.3 is 10.1 Å². The van der Waals surface area contributed by atoms with Gasteiger partial charge >= 0.3 is 6.18 Å². The van der Waals surface area contributed by atoms with Crippen LogP contribution < -0.4 is 10.1 Å². The summed E-state index contributed by atoms with van der Waals surface area (Å²) in [4.78, 5) is 15.2. The quantitative estimate of drug-likeness (QED) is 0.484. The largest absolute Gasteiger partial charge is 0.493 e. The Bertz CT molecular complexity index is 1310. The number of nitrogens with zero attached hydrogens (tertiary/aromatic N) is 2. The van der Waals surface area contributed by atoms with Crippen molar-refractivity contribution in [2.75, 3.05) is 26.2 Å². The van der Waals surface area contributed by atoms with Crippen LogP contribution in [0.25, 0.3) is 0 Å². The van der Waals surface area contributed by atoms with Crippen molar-refractivity contribution in [1.29, 1.82) is 0 Å². The number of hydrogen-bond acceptors (Lipinski definition) is 5. The smallest absolute Gasteiger partial charge is 0.416 e. The Hall–Kier alpha value is -2.63. The summed E-state index contributed by atoms with van der Waals surface area (Å²) in [5, 5.41) is 3.06. The molecule has 1 N–H and O–H groups in total. The van der Waals surface area contributed by atoms with Crippen molar-refractivity contribution >= 4 is 15.9 Å². The van der Waals surface area contributed by atoms with E-state index in [1.54, 1.807) is 0 Å². The van der Waals surface area contributed by atoms with Gasteiger partial charge in [0.25, 0.3) is 0 Å². The maximum Gasteiger partial charge on any atom is 0.416 e. The summed E-state index contributed by atoms with van der Waals surface area (Å²) in [7, 11) is -4.21. The molecule has 0 bridgehead atoms. The summed E-state index contributed by atoms with van der Waals surface area (Å²) in [6.45, 7) is 3.68. The number of ether oxygens (including phenoxy) is 1. The van der Waals surface area contributed by atoms with E-state index in [4.69, 9.17) is 4.74 Å². The molecule has 0 aromatic heterocycles. The molecule has 2 saturated heterocycles. The van der Waals surface area contributed by atoms with Gasteiger partial charge in [-0.3, -0.25) is 9.69 Å². The molecule has 218 valence electrons. The van der Waals surface area contributed by atoms with E-state index in [2.05, 4.69) is 16.3 Å². The van der Waals surface area contributed by atoms with E-state index in [-0.39, 0.29) is 24.9 Å². The van der Waals surface area contributed by atoms with E-state index >= 15 is 0 Å². The number of alkyl halides is 3. The van der Waals surface area contributed by atoms with Crippen molar-refractivity contribution in [1.82, 2.24) is 14.5 Å². The Morgan fingerprint density at radius 2 is 1.75 bits per heavy atom. The average molecular weight is 580 g/mol. The number of sulfonamides is 1. The molecule has 2 fully saturated rings. The van der Waals surface area contributed by atoms with Crippen LogP contribution in [0.4, 0.5) is 13.2 Å². The molecule has 3 aliphatic rings. The lowest BCUT2D eigenvalue weighted by molar-refractivity contribution is -0.137. The first-order valence-electron chi connectivity index (χ1n) is 14.1. The number of rotatable bonds is 7. The van der Waals surface area contributed by atoms with Gasteiger partial charge in [-0.1, -0.05) is 31.0 Å². The molecule has 2 aromatic carbocycles. The second-order valence-corrected chi connectivity index (χ2v) is 12.9. The van der Waals surface area contributed by atoms with Crippen molar-refractivity contribution in [3.8, 4) is 5.75 Å². The molecule has 0 saturated carbocycles. The summed E-state index contributed by atoms with van der Waals surface area (Å²) >= 11 is 0. The summed E-state index contributed by atoms with van der Waals surface area (Å²) in [5.41, 5.74) is 1.06. The maximum absolute atomic E-state index is 13.4. The zero-order valence-corrected chi connectivity index (χ0v) is 23.3. The van der Waals surface area contributed by atoms with E-state index in [9.17, 15) is 26.4 Å². The molecule has 0 radical (unpaired) electrons. The van der Waals surface area contributed by atoms with E-state index in [0.717, 1.165) is 49.5 Å². The van der Waals surface area contributed by atoms with Gasteiger partial charge in [-0.15, -0.1) is 0 Å². The molecule has 1 amide bonds. The first kappa shape index (κ1) is 28.9. The summed E-state index contributed by atoms with van der Waals surface area (Å²) in [5.74, 6) is 0.476. The SMILES string of the molecule is O=C(CC1CCCCN1S(=O)(=O)c1cccc(C(F)(F)F)c1)NC1CCOc2cc(CN3CCCCC3)ccc21. The van der Waals surface area contributed by atoms with Crippen LogP contribution >= 0.6 is 0 Å². The topological polar surface area (TPSA) is 79.0 Å². The van der Waals surface area contributed by atoms with Crippen molar-refractivity contribution in [2.45, 2.75) is 81.1 Å². The van der Waals surface area contributed by atoms with Crippen LogP contribution in [0, 0.1) is 0 Å². The molecular formula is C29H36F3N3O4S. The third-order valence-corrected chi connectivity index (χ3v) is 10.0. The van der Waals surface area contributed by atoms with Crippen LogP contribution in [-0.4, -0.2) is 55.8 Å². The number of fused-ring (bicyclic) bond motifs is 1. The van der Waals surface area contributed by atoms with E-state index in [1.807, 2.05) is 12.1 Å². The third-order valence-electron chi connectivity index (χ3n) is 8.07. The number of carbonyl (C=O) groups is 1. The molecule has 5 rings (SSSR count). The van der Waals surface area contributed by atoms with Crippen LogP contribution in [0.1, 0.15) is 74.1 Å². The Balaban J connectivity index is 1.26. The highest BCUT2D eigenvalue weighted by Crippen LogP contribution is 2.35. The number of hydrogen-bond donors (Lipinski definition) is 1. The highest BCUT2D eigenvalue weighted by molar-refractivity contribution is 7.89. The molecule has 3 aliphatic heterocycles. The Kier molecular flexibility index (Phi) is 8.72. The van der Waals surface area contributed by atoms with Gasteiger partial charge in [-0.2, -0.15) is 17.5 Å². The Morgan fingerprint density at radius 1 is 0.975 bits per heavy atom. The summed E-state index contributed by atoms with van der Waals surface area (Å²) in [6.07, 6.45) is 1.40. The van der Waals surface area contributed by atoms with Gasteiger partial charge in [-0.25, -0.2) is 8.42 Å². The molecular weight excluding hydrogens is 543 g/mol. The monoisotopic (exact) mass is 579 g/mol. The van der Waals surface area contributed by atoms with E-state index in [0.29, 0.717) is 31.9 Å². The van der Waals surface area contributed by atoms with Gasteiger partial charge in [0.2, 0.25) is 15.9 Å². The molecule has 2 unspecified atom stereocenters. The third kappa shape index (κ3) is 6.63. The fourth-order valence-corrected chi connectivity index (χ4v) is 7.73. The lowest BCUT2D eigenvalue weighted by atomic mass is 9.97. The van der Waals surface area contributed by atoms with Crippen LogP contribution in [0.2, 0.25) is 0 Å². The summed E-state index contributed by atoms with van der Waals surface area (Å²) < 4.78 is 73.6. The van der Waals surface area contributed by atoms with Crippen molar-refractivity contribution < 1.29 is 31.1 Å². The number of piperidine rings is 2. The van der Waals surface area contributed by atoms with Gasteiger partial charge in [-0.05, 0) is 68.6 Å². The minimum Gasteiger partial charge on any atom is -0.493 e. The predicted octanol–water partition coefficient (Wildman–Crippen LogP) is 5.26. The number of carbonyl (C=O) groups excluding carboxylic acids is 1. The van der Waals surface area contributed by atoms with Crippen LogP contribution in [-0.2, 0) is 27.5 Å². The fraction of sp³-hybridized carbons (Fsp3) is 0.552. The molecule has 7 nitrogen and oxygen atoms in total. The first-order valence-corrected chi connectivity index (χ1v) is 15.5. The maximum atomic E-state index is 13.4. The molecule has 40 heavy (non-hydrogen) atoms. The number of halogens is 3. The van der Waals surface area contributed by atoms with Crippen molar-refractivity contribution in [3.05, 3.63) is 59.2 Å². The van der Waals surface area contributed by atoms with Crippen molar-refractivity contribution in [2.24, 2.45) is 0 Å². The molecule has 2 atom stereocenters. The molecule has 0 spiro atoms. The number of nitrogens with one attached hydrogen (secondary N) is 1. The fourth-order valence-electron chi connectivity index (χ4n) is 5.99. The van der Waals surface area contributed by atoms with E-state index < -0.39 is 32.7 Å². The summed E-state index contributed by atoms with van der Waals surface area (Å²) in [6, 6.07) is 9.04. The molecule has 3 heterocycles. The van der Waals surface area contributed by atoms with Gasteiger partial charge in [0.15, 0.2) is 0 Å². The standard InChI is InChI=1S/C29H36F3N3O4S/c30-29(31,32)22-7-6-9-24(18-22)40(37,38)35-15-5-2-8-23(35)19-28(36)33-26-12-16-39-27-17-21(10-11-25(26)27)20-34-13-3-1-4-14-34/h6-7,9-11,17-18,23,26H,1-5,8,12-16,19-20H2,(H,33,36). The minimum atomic E-state index is -4.65. The van der Waals surface area contributed by atoms with Gasteiger partial charge in [0.05, 0.1) is 23.1 Å². The van der Waals surface area contributed by atoms with Crippen LogP contribution in [0.5, 0.6) is 5.75 Å². The minimum absolute atomic E-state index is 0.0576. The normalized spacial score (nSPS) is 22.8. The van der Waals surface area contributed by atoms with Gasteiger partial charge in [0.1, 0.15) is 5.75 Å². The lowest BCUT2D eigenvalue weighted by Crippen LogP contribution is -2.46. The Labute approximate surface area is 233 Å². The molecule has 11 heteroatoms. The van der Waals surface area contributed by atoms with Gasteiger partial charge in [0, 0.05) is 37.5 Å². The zero-order chi connectivity index (χ0) is 28.3. The Morgan fingerprint density at radius 3 is 2.52 bits per heavy atom. The zero-order valence-electron chi connectivity index (χ0n) is 22.5. The molecule has 2 aromatic rings. The number of likely N-dealkylation sites (tertiary alicyclic amines) is 1. The number of benzene rings is 2. The predicted molar refractivity (Wildman–Crippen MR) is 144 cm³/mol. The van der Waals surface area contributed by atoms with E-state index in [1.165, 1.54) is 35.2 Å². The average Bonchev–Trinajstić information content (AvgIpc) is 2.93. The van der Waals surface area contributed by atoms with Crippen LogP contribution in [0.3, 0.4) is 0 Å². The lowest BCUT2D eigenvalue weighted by Gasteiger charge is -2.35. The highest BCUT2D eigenvalue weighted by Gasteiger charge is 2.37. The number of amides is 1. The molecule has 0 aliphatic carbocycles. The first-order chi connectivity index (χ1) is 19.1. The highest BCUT2D eigenvalue weighted by atomic mass is 32.2.